The molecule has 1 aromatic heterocycles. The summed E-state index contributed by atoms with van der Waals surface area (Å²) < 4.78 is 34.7. The number of phosphoric acid groups is 1. The van der Waals surface area contributed by atoms with Gasteiger partial charge in [0.25, 0.3) is 19.3 Å². The van der Waals surface area contributed by atoms with Crippen molar-refractivity contribution in [1.29, 1.82) is 0 Å². The number of aliphatic hydroxyl groups excluding tert-OH is 1. The second-order valence-electron chi connectivity index (χ2n) is 13.0. The molecule has 1 saturated heterocycles. The third kappa shape index (κ3) is 9.11. The van der Waals surface area contributed by atoms with Crippen molar-refractivity contribution in [2.24, 2.45) is 0 Å². The number of rotatable bonds is 15. The molecule has 1 fully saturated rings. The van der Waals surface area contributed by atoms with Gasteiger partial charge >= 0.3 is 11.7 Å². The SMILES string of the molecule is Cc1cn(C2CC(O)C(COP(=O)([O-])OCCCCCCNC(=O)c3ccc(C(=O)O)c(-c4c5ccc(=O)cc-5oc5cc(O)ccc45)c3)O2)c(=O)[nH]c1=O. The highest BCUT2D eigenvalue weighted by atomic mass is 31.2. The molecule has 2 aliphatic heterocycles. The van der Waals surface area contributed by atoms with Crippen molar-refractivity contribution in [2.75, 3.05) is 19.8 Å². The van der Waals surface area contributed by atoms with E-state index in [1.165, 1.54) is 61.7 Å². The van der Waals surface area contributed by atoms with Crippen LogP contribution in [-0.4, -0.2) is 68.7 Å². The number of aromatic amines is 1. The van der Waals surface area contributed by atoms with Crippen LogP contribution in [0.1, 0.15) is 64.6 Å². The van der Waals surface area contributed by atoms with Gasteiger partial charge in [0.05, 0.1) is 24.9 Å². The summed E-state index contributed by atoms with van der Waals surface area (Å²) >= 11 is 0. The summed E-state index contributed by atoms with van der Waals surface area (Å²) in [7, 11) is -4.75. The van der Waals surface area contributed by atoms with Crippen LogP contribution < -0.4 is 26.9 Å². The molecular formula is C37H37N3O14P-. The van der Waals surface area contributed by atoms with Gasteiger partial charge in [-0.05, 0) is 67.8 Å². The standard InChI is InChI=1S/C37H38N3O14P/c1-20-18-40(37(48)39-34(20)44)32-17-28(43)31(54-32)19-52-55(49,50)51-13-5-3-2-4-12-38-35(45)21-6-9-24(36(46)47)27(14-21)33-25-10-7-22(41)15-29(25)53-30-16-23(42)8-11-26(30)33/h6-11,14-16,18,28,31-32,41,43H,2-5,12-13,17,19H2,1H3,(H,38,45)(H,46,47)(H,49,50)(H,39,44,48)/p-1. The number of carboxylic acids is 1. The number of hydrogen-bond acceptors (Lipinski definition) is 13. The Morgan fingerprint density at radius 1 is 1.02 bits per heavy atom. The molecule has 4 atom stereocenters. The molecule has 4 unspecified atom stereocenters. The van der Waals surface area contributed by atoms with Gasteiger partial charge in [0.15, 0.2) is 5.43 Å². The number of nitrogens with one attached hydrogen (secondary N) is 2. The lowest BCUT2D eigenvalue weighted by molar-refractivity contribution is -0.228. The van der Waals surface area contributed by atoms with Crippen LogP contribution in [0, 0.1) is 6.92 Å². The fourth-order valence-corrected chi connectivity index (χ4v) is 7.08. The van der Waals surface area contributed by atoms with Crippen molar-refractivity contribution < 1.29 is 52.6 Å². The first-order valence-corrected chi connectivity index (χ1v) is 18.8. The minimum Gasteiger partial charge on any atom is -0.756 e. The lowest BCUT2D eigenvalue weighted by Crippen LogP contribution is -2.33. The zero-order valence-corrected chi connectivity index (χ0v) is 30.3. The summed E-state index contributed by atoms with van der Waals surface area (Å²) in [5.41, 5.74) is 0.0146. The maximum absolute atomic E-state index is 13.2. The number of aryl methyl sites for hydroxylation is 1. The number of benzene rings is 3. The summed E-state index contributed by atoms with van der Waals surface area (Å²) in [5, 5.41) is 33.7. The van der Waals surface area contributed by atoms with E-state index in [0.717, 1.165) is 4.57 Å². The minimum atomic E-state index is -4.75. The van der Waals surface area contributed by atoms with Gasteiger partial charge in [-0.25, -0.2) is 9.59 Å². The molecule has 18 heteroatoms. The van der Waals surface area contributed by atoms with Gasteiger partial charge in [0.2, 0.25) is 0 Å². The van der Waals surface area contributed by atoms with E-state index in [0.29, 0.717) is 42.2 Å². The highest BCUT2D eigenvalue weighted by Gasteiger charge is 2.36. The Morgan fingerprint density at radius 3 is 2.58 bits per heavy atom. The molecule has 5 N–H and O–H groups in total. The van der Waals surface area contributed by atoms with Crippen LogP contribution in [0.4, 0.5) is 0 Å². The quantitative estimate of drug-likeness (QED) is 0.0581. The van der Waals surface area contributed by atoms with Gasteiger partial charge in [-0.1, -0.05) is 12.8 Å². The first-order valence-electron chi connectivity index (χ1n) is 17.3. The number of amides is 1. The molecule has 0 spiro atoms. The predicted molar refractivity (Wildman–Crippen MR) is 194 cm³/mol. The number of aromatic carboxylic acids is 1. The van der Waals surface area contributed by atoms with Crippen LogP contribution in [0.3, 0.4) is 0 Å². The zero-order chi connectivity index (χ0) is 39.4. The smallest absolute Gasteiger partial charge is 0.336 e. The Morgan fingerprint density at radius 2 is 1.80 bits per heavy atom. The lowest BCUT2D eigenvalue weighted by Gasteiger charge is -2.25. The van der Waals surface area contributed by atoms with E-state index < -0.39 is 56.0 Å². The van der Waals surface area contributed by atoms with Crippen LogP contribution in [0.5, 0.6) is 5.75 Å². The average Bonchev–Trinajstić information content (AvgIpc) is 3.51. The van der Waals surface area contributed by atoms with Crippen LogP contribution in [0.2, 0.25) is 0 Å². The number of ether oxygens (including phenoxy) is 1. The monoisotopic (exact) mass is 778 g/mol. The van der Waals surface area contributed by atoms with Crippen molar-refractivity contribution in [3.63, 3.8) is 0 Å². The van der Waals surface area contributed by atoms with E-state index in [-0.39, 0.29) is 64.3 Å². The van der Waals surface area contributed by atoms with Gasteiger partial charge < -0.3 is 43.7 Å². The van der Waals surface area contributed by atoms with Gasteiger partial charge in [-0.15, -0.1) is 0 Å². The number of unbranched alkanes of at least 4 members (excludes halogenated alkanes) is 3. The van der Waals surface area contributed by atoms with Crippen LogP contribution in [0.15, 0.2) is 79.6 Å². The van der Waals surface area contributed by atoms with Gasteiger partial charge in [-0.2, -0.15) is 0 Å². The van der Waals surface area contributed by atoms with E-state index in [4.69, 9.17) is 18.2 Å². The lowest BCUT2D eigenvalue weighted by atomic mass is 9.89. The summed E-state index contributed by atoms with van der Waals surface area (Å²) in [5.74, 6) is -1.61. The zero-order valence-electron chi connectivity index (χ0n) is 29.4. The van der Waals surface area contributed by atoms with Gasteiger partial charge in [0, 0.05) is 58.9 Å². The normalized spacial score (nSPS) is 18.1. The molecule has 17 nitrogen and oxygen atoms in total. The van der Waals surface area contributed by atoms with Crippen molar-refractivity contribution in [1.82, 2.24) is 14.9 Å². The minimum absolute atomic E-state index is 0.0287. The Bertz CT molecular complexity index is 2440. The van der Waals surface area contributed by atoms with Crippen LogP contribution >= 0.6 is 7.82 Å². The number of aromatic hydroxyl groups is 1. The number of carbonyl (C=O) groups is 2. The molecule has 55 heavy (non-hydrogen) atoms. The summed E-state index contributed by atoms with van der Waals surface area (Å²) in [6, 6.07) is 12.6. The number of H-pyrrole nitrogens is 1. The van der Waals surface area contributed by atoms with E-state index in [1.54, 1.807) is 6.07 Å². The molecule has 0 saturated carbocycles. The Labute approximate surface area is 311 Å². The second-order valence-corrected chi connectivity index (χ2v) is 14.4. The number of nitrogens with zero attached hydrogens (tertiary/aromatic N) is 1. The number of hydrogen-bond donors (Lipinski definition) is 5. The molecule has 1 aliphatic carbocycles. The number of carbonyl (C=O) groups excluding carboxylic acids is 1. The molecule has 1 amide bonds. The van der Waals surface area contributed by atoms with Crippen molar-refractivity contribution in [3.8, 4) is 28.2 Å². The third-order valence-corrected chi connectivity index (χ3v) is 10.1. The van der Waals surface area contributed by atoms with Crippen molar-refractivity contribution >= 4 is 30.7 Å². The second kappa shape index (κ2) is 16.5. The van der Waals surface area contributed by atoms with E-state index in [9.17, 15) is 48.8 Å². The summed E-state index contributed by atoms with van der Waals surface area (Å²) in [6.07, 6.45) is 0.214. The molecule has 3 heterocycles. The molecule has 3 aromatic rings. The number of carboxylic acid groups (broad SMARTS) is 1. The Kier molecular flexibility index (Phi) is 11.8. The number of phenolic OH excluding ortho intramolecular Hbond substituents is 1. The maximum Gasteiger partial charge on any atom is 0.336 e. The highest BCUT2D eigenvalue weighted by molar-refractivity contribution is 7.45. The molecule has 0 radical (unpaired) electrons. The van der Waals surface area contributed by atoms with Gasteiger partial charge in [0.1, 0.15) is 29.4 Å². The Hall–Kier alpha value is -5.42. The van der Waals surface area contributed by atoms with Crippen molar-refractivity contribution in [2.45, 2.75) is 57.5 Å². The summed E-state index contributed by atoms with van der Waals surface area (Å²) in [6.45, 7) is 1.06. The van der Waals surface area contributed by atoms with E-state index >= 15 is 0 Å². The topological polar surface area (TPSA) is 260 Å². The largest absolute Gasteiger partial charge is 0.756 e. The number of phenols is 1. The molecule has 0 bridgehead atoms. The number of phosphoric ester groups is 1. The molecule has 3 aliphatic rings. The highest BCUT2D eigenvalue weighted by Crippen LogP contribution is 2.43. The van der Waals surface area contributed by atoms with Crippen LogP contribution in [0.25, 0.3) is 33.4 Å². The molecule has 290 valence electrons. The van der Waals surface area contributed by atoms with Crippen molar-refractivity contribution in [3.05, 3.63) is 109 Å². The average molecular weight is 779 g/mol. The van der Waals surface area contributed by atoms with E-state index in [1.807, 2.05) is 0 Å². The number of aromatic nitrogens is 2. The van der Waals surface area contributed by atoms with Crippen LogP contribution in [-0.2, 0) is 18.3 Å². The third-order valence-electron chi connectivity index (χ3n) is 9.12. The van der Waals surface area contributed by atoms with Gasteiger partial charge in [-0.3, -0.25) is 28.5 Å². The maximum atomic E-state index is 13.2. The number of aliphatic hydroxyl groups is 1. The predicted octanol–water partition coefficient (Wildman–Crippen LogP) is 3.27. The molecule has 6 rings (SSSR count). The molecule has 2 aromatic carbocycles. The fraction of sp³-hybridized carbons (Fsp3) is 0.324. The first-order chi connectivity index (χ1) is 26.2. The first kappa shape index (κ1) is 39.3. The molecular weight excluding hydrogens is 741 g/mol. The fourth-order valence-electron chi connectivity index (χ4n) is 6.33. The van der Waals surface area contributed by atoms with E-state index in [2.05, 4.69) is 10.3 Å². The Balaban J connectivity index is 0.981. The number of fused-ring (bicyclic) bond motifs is 2. The summed E-state index contributed by atoms with van der Waals surface area (Å²) in [4.78, 5) is 75.8.